The first-order valence-electron chi connectivity index (χ1n) is 10.6. The van der Waals surface area contributed by atoms with Gasteiger partial charge in [-0.2, -0.15) is 5.10 Å². The van der Waals surface area contributed by atoms with Gasteiger partial charge in [0, 0.05) is 24.0 Å². The van der Waals surface area contributed by atoms with E-state index in [-0.39, 0.29) is 5.91 Å². The zero-order chi connectivity index (χ0) is 22.3. The van der Waals surface area contributed by atoms with E-state index in [1.54, 1.807) is 6.20 Å². The zero-order valence-corrected chi connectivity index (χ0v) is 18.3. The quantitative estimate of drug-likeness (QED) is 0.452. The van der Waals surface area contributed by atoms with E-state index < -0.39 is 0 Å². The van der Waals surface area contributed by atoms with E-state index in [1.165, 1.54) is 0 Å². The monoisotopic (exact) mass is 426 g/mol. The molecule has 0 saturated heterocycles. The van der Waals surface area contributed by atoms with Gasteiger partial charge in [0.2, 0.25) is 0 Å². The Morgan fingerprint density at radius 1 is 0.969 bits per heavy atom. The molecule has 6 heteroatoms. The van der Waals surface area contributed by atoms with Crippen LogP contribution < -0.4 is 10.1 Å². The van der Waals surface area contributed by atoms with Crippen LogP contribution in [-0.2, 0) is 19.7 Å². The molecule has 2 heterocycles. The Bertz CT molecular complexity index is 1180. The lowest BCUT2D eigenvalue weighted by molar-refractivity contribution is 0.0951. The summed E-state index contributed by atoms with van der Waals surface area (Å²) in [7, 11) is 0. The molecule has 0 saturated carbocycles. The molecule has 0 spiro atoms. The van der Waals surface area contributed by atoms with Crippen molar-refractivity contribution >= 4 is 5.91 Å². The number of carbonyl (C=O) groups excluding carboxylic acids is 1. The molecule has 0 unspecified atom stereocenters. The van der Waals surface area contributed by atoms with Gasteiger partial charge in [0.1, 0.15) is 12.4 Å². The van der Waals surface area contributed by atoms with Gasteiger partial charge in [-0.1, -0.05) is 30.3 Å². The van der Waals surface area contributed by atoms with Crippen LogP contribution in [0, 0.1) is 13.8 Å². The number of ether oxygens (including phenoxy) is 1. The molecule has 0 aliphatic carbocycles. The minimum absolute atomic E-state index is 0.101. The standard InChI is InChI=1S/C26H26N4O2/c1-19-14-20(2)30(29-19)17-22-6-5-7-23(15-22)26(31)28-16-21-9-11-25(12-10-21)32-18-24-8-3-4-13-27-24/h3-15H,16-18H2,1-2H3,(H,28,31). The van der Waals surface area contributed by atoms with E-state index in [0.29, 0.717) is 25.3 Å². The lowest BCUT2D eigenvalue weighted by atomic mass is 10.1. The molecule has 4 rings (SSSR count). The third-order valence-corrected chi connectivity index (χ3v) is 5.11. The van der Waals surface area contributed by atoms with E-state index in [9.17, 15) is 4.79 Å². The molecule has 0 aliphatic rings. The largest absolute Gasteiger partial charge is 0.487 e. The fourth-order valence-electron chi connectivity index (χ4n) is 3.45. The number of carbonyl (C=O) groups is 1. The molecule has 6 nitrogen and oxygen atoms in total. The molecule has 0 fully saturated rings. The maximum Gasteiger partial charge on any atom is 0.251 e. The van der Waals surface area contributed by atoms with E-state index in [1.807, 2.05) is 91.3 Å². The van der Waals surface area contributed by atoms with Crippen molar-refractivity contribution in [1.29, 1.82) is 0 Å². The topological polar surface area (TPSA) is 69.0 Å². The molecule has 0 radical (unpaired) electrons. The Labute approximate surface area is 187 Å². The van der Waals surface area contributed by atoms with E-state index >= 15 is 0 Å². The molecular formula is C26H26N4O2. The second-order valence-corrected chi connectivity index (χ2v) is 7.72. The van der Waals surface area contributed by atoms with Gasteiger partial charge in [-0.05, 0) is 67.4 Å². The minimum Gasteiger partial charge on any atom is -0.487 e. The van der Waals surface area contributed by atoms with Gasteiger partial charge >= 0.3 is 0 Å². The molecular weight excluding hydrogens is 400 g/mol. The van der Waals surface area contributed by atoms with Crippen molar-refractivity contribution in [1.82, 2.24) is 20.1 Å². The summed E-state index contributed by atoms with van der Waals surface area (Å²) < 4.78 is 7.71. The summed E-state index contributed by atoms with van der Waals surface area (Å²) in [5, 5.41) is 7.48. The van der Waals surface area contributed by atoms with Crippen molar-refractivity contribution in [3.8, 4) is 5.75 Å². The molecule has 1 amide bonds. The summed E-state index contributed by atoms with van der Waals surface area (Å²) in [5.41, 5.74) is 5.65. The molecule has 2 aromatic heterocycles. The number of aromatic nitrogens is 3. The van der Waals surface area contributed by atoms with Gasteiger partial charge in [-0.15, -0.1) is 0 Å². The Balaban J connectivity index is 1.31. The number of aryl methyl sites for hydroxylation is 2. The fraction of sp³-hybridized carbons (Fsp3) is 0.192. The summed E-state index contributed by atoms with van der Waals surface area (Å²) in [4.78, 5) is 16.9. The van der Waals surface area contributed by atoms with Gasteiger partial charge in [0.15, 0.2) is 0 Å². The van der Waals surface area contributed by atoms with Crippen LogP contribution in [0.25, 0.3) is 0 Å². The number of hydrogen-bond donors (Lipinski definition) is 1. The second kappa shape index (κ2) is 9.92. The first kappa shape index (κ1) is 21.3. The molecule has 0 bridgehead atoms. The molecule has 2 aromatic carbocycles. The number of hydrogen-bond acceptors (Lipinski definition) is 4. The highest BCUT2D eigenvalue weighted by Crippen LogP contribution is 2.14. The highest BCUT2D eigenvalue weighted by Gasteiger charge is 2.08. The van der Waals surface area contributed by atoms with Crippen LogP contribution in [0.3, 0.4) is 0 Å². The van der Waals surface area contributed by atoms with E-state index in [2.05, 4.69) is 15.4 Å². The van der Waals surface area contributed by atoms with Gasteiger partial charge in [0.25, 0.3) is 5.91 Å². The molecule has 32 heavy (non-hydrogen) atoms. The summed E-state index contributed by atoms with van der Waals surface area (Å²) in [6.07, 6.45) is 1.75. The summed E-state index contributed by atoms with van der Waals surface area (Å²) in [6, 6.07) is 23.2. The average molecular weight is 427 g/mol. The smallest absolute Gasteiger partial charge is 0.251 e. The molecule has 0 aliphatic heterocycles. The highest BCUT2D eigenvalue weighted by molar-refractivity contribution is 5.94. The van der Waals surface area contributed by atoms with Gasteiger partial charge in [0.05, 0.1) is 17.9 Å². The minimum atomic E-state index is -0.101. The van der Waals surface area contributed by atoms with Crippen LogP contribution in [0.2, 0.25) is 0 Å². The number of amides is 1. The number of nitrogens with zero attached hydrogens (tertiary/aromatic N) is 3. The van der Waals surface area contributed by atoms with Crippen molar-refractivity contribution in [2.75, 3.05) is 0 Å². The number of benzene rings is 2. The lowest BCUT2D eigenvalue weighted by Crippen LogP contribution is -2.23. The number of rotatable bonds is 8. The first-order chi connectivity index (χ1) is 15.6. The third kappa shape index (κ3) is 5.60. The summed E-state index contributed by atoms with van der Waals surface area (Å²) >= 11 is 0. The molecule has 1 N–H and O–H groups in total. The van der Waals surface area contributed by atoms with Gasteiger partial charge in [-0.3, -0.25) is 14.5 Å². The van der Waals surface area contributed by atoms with Crippen LogP contribution in [-0.4, -0.2) is 20.7 Å². The van der Waals surface area contributed by atoms with Crippen LogP contribution in [0.15, 0.2) is 79.0 Å². The zero-order valence-electron chi connectivity index (χ0n) is 18.3. The predicted molar refractivity (Wildman–Crippen MR) is 123 cm³/mol. The van der Waals surface area contributed by atoms with Crippen LogP contribution in [0.5, 0.6) is 5.75 Å². The number of pyridine rings is 1. The Hall–Kier alpha value is -3.93. The van der Waals surface area contributed by atoms with Crippen molar-refractivity contribution in [2.24, 2.45) is 0 Å². The summed E-state index contributed by atoms with van der Waals surface area (Å²) in [5.74, 6) is 0.665. The Kier molecular flexibility index (Phi) is 6.60. The second-order valence-electron chi connectivity index (χ2n) is 7.72. The van der Waals surface area contributed by atoms with Crippen molar-refractivity contribution in [2.45, 2.75) is 33.5 Å². The van der Waals surface area contributed by atoms with Crippen LogP contribution in [0.4, 0.5) is 0 Å². The highest BCUT2D eigenvalue weighted by atomic mass is 16.5. The summed E-state index contributed by atoms with van der Waals surface area (Å²) in [6.45, 7) is 5.52. The lowest BCUT2D eigenvalue weighted by Gasteiger charge is -2.09. The van der Waals surface area contributed by atoms with Crippen molar-refractivity contribution in [3.05, 3.63) is 113 Å². The fourth-order valence-corrected chi connectivity index (χ4v) is 3.45. The normalized spacial score (nSPS) is 10.7. The van der Waals surface area contributed by atoms with Crippen LogP contribution >= 0.6 is 0 Å². The average Bonchev–Trinajstić information content (AvgIpc) is 3.14. The van der Waals surface area contributed by atoms with Crippen molar-refractivity contribution in [3.63, 3.8) is 0 Å². The Morgan fingerprint density at radius 2 is 1.81 bits per heavy atom. The maximum absolute atomic E-state index is 12.7. The molecule has 4 aromatic rings. The van der Waals surface area contributed by atoms with Gasteiger partial charge in [-0.25, -0.2) is 0 Å². The predicted octanol–water partition coefficient (Wildman–Crippen LogP) is 4.45. The van der Waals surface area contributed by atoms with Gasteiger partial charge < -0.3 is 10.1 Å². The number of nitrogens with one attached hydrogen (secondary N) is 1. The maximum atomic E-state index is 12.7. The van der Waals surface area contributed by atoms with E-state index in [4.69, 9.17) is 4.74 Å². The SMILES string of the molecule is Cc1cc(C)n(Cc2cccc(C(=O)NCc3ccc(OCc4ccccn4)cc3)c2)n1. The first-order valence-corrected chi connectivity index (χ1v) is 10.6. The molecule has 0 atom stereocenters. The van der Waals surface area contributed by atoms with E-state index in [0.717, 1.165) is 34.0 Å². The molecule has 162 valence electrons. The third-order valence-electron chi connectivity index (χ3n) is 5.11. The van der Waals surface area contributed by atoms with Crippen LogP contribution in [0.1, 0.15) is 38.6 Å². The Morgan fingerprint density at radius 3 is 2.53 bits per heavy atom. The van der Waals surface area contributed by atoms with Crippen molar-refractivity contribution < 1.29 is 9.53 Å².